The molecule has 2 aliphatic heterocycles. The fourth-order valence-electron chi connectivity index (χ4n) is 3.92. The van der Waals surface area contributed by atoms with Crippen LogP contribution in [0.15, 0.2) is 36.8 Å². The van der Waals surface area contributed by atoms with Crippen LogP contribution in [-0.4, -0.2) is 53.1 Å². The van der Waals surface area contributed by atoms with Crippen LogP contribution in [0.1, 0.15) is 42.1 Å². The molecule has 0 aliphatic carbocycles. The number of hydrogen-bond donors (Lipinski definition) is 0. The normalized spacial score (nSPS) is 19.5. The Balaban J connectivity index is 1.44. The third-order valence-corrected chi connectivity index (χ3v) is 5.40. The number of carbonyl (C=O) groups is 1. The van der Waals surface area contributed by atoms with Crippen LogP contribution in [0.5, 0.6) is 5.75 Å². The molecule has 6 heteroatoms. The number of nitrogens with zero attached hydrogens (tertiary/aromatic N) is 4. The van der Waals surface area contributed by atoms with Crippen molar-refractivity contribution in [3.8, 4) is 5.75 Å². The summed E-state index contributed by atoms with van der Waals surface area (Å²) in [5.41, 5.74) is 1.75. The van der Waals surface area contributed by atoms with Crippen molar-refractivity contribution in [3.05, 3.63) is 47.9 Å². The highest BCUT2D eigenvalue weighted by Crippen LogP contribution is 2.30. The van der Waals surface area contributed by atoms with Gasteiger partial charge in [0.25, 0.3) is 5.91 Å². The lowest BCUT2D eigenvalue weighted by atomic mass is 10.1. The highest BCUT2D eigenvalue weighted by molar-refractivity contribution is 5.95. The zero-order valence-corrected chi connectivity index (χ0v) is 15.8. The Hall–Kier alpha value is -2.63. The molecule has 4 rings (SSSR count). The third-order valence-electron chi connectivity index (χ3n) is 5.40. The first-order valence-corrected chi connectivity index (χ1v) is 9.85. The van der Waals surface area contributed by atoms with Gasteiger partial charge in [-0.05, 0) is 43.0 Å². The molecule has 0 radical (unpaired) electrons. The number of pyridine rings is 2. The molecule has 0 aromatic carbocycles. The smallest absolute Gasteiger partial charge is 0.254 e. The van der Waals surface area contributed by atoms with Crippen molar-refractivity contribution in [3.63, 3.8) is 0 Å². The molecule has 0 saturated carbocycles. The molecule has 2 aromatic rings. The molecule has 1 amide bonds. The maximum atomic E-state index is 12.9. The molecule has 2 aromatic heterocycles. The van der Waals surface area contributed by atoms with Gasteiger partial charge in [0.1, 0.15) is 6.10 Å². The van der Waals surface area contributed by atoms with Crippen molar-refractivity contribution in [2.24, 2.45) is 0 Å². The Bertz CT molecular complexity index is 804. The van der Waals surface area contributed by atoms with Gasteiger partial charge in [-0.15, -0.1) is 0 Å². The summed E-state index contributed by atoms with van der Waals surface area (Å²) < 4.78 is 6.28. The van der Waals surface area contributed by atoms with Gasteiger partial charge in [-0.2, -0.15) is 0 Å². The largest absolute Gasteiger partial charge is 0.485 e. The Morgan fingerprint density at radius 1 is 1.22 bits per heavy atom. The van der Waals surface area contributed by atoms with Crippen LogP contribution in [0.4, 0.5) is 5.82 Å². The Morgan fingerprint density at radius 2 is 2.07 bits per heavy atom. The van der Waals surface area contributed by atoms with E-state index in [4.69, 9.17) is 4.74 Å². The lowest BCUT2D eigenvalue weighted by Crippen LogP contribution is -2.32. The highest BCUT2D eigenvalue weighted by Gasteiger charge is 2.30. The number of likely N-dealkylation sites (tertiary alicyclic amines) is 1. The van der Waals surface area contributed by atoms with E-state index >= 15 is 0 Å². The second kappa shape index (κ2) is 7.94. The van der Waals surface area contributed by atoms with Crippen molar-refractivity contribution in [1.82, 2.24) is 14.9 Å². The van der Waals surface area contributed by atoms with Gasteiger partial charge in [0, 0.05) is 50.2 Å². The molecule has 2 saturated heterocycles. The molecule has 27 heavy (non-hydrogen) atoms. The lowest BCUT2D eigenvalue weighted by molar-refractivity contribution is 0.0771. The SMILES string of the molecule is CCc1cnccc1C(=O)N1CC[C@H](Oc2cccnc2N2CCCC2)C1. The Labute approximate surface area is 160 Å². The van der Waals surface area contributed by atoms with E-state index in [-0.39, 0.29) is 12.0 Å². The molecule has 0 unspecified atom stereocenters. The van der Waals surface area contributed by atoms with E-state index in [1.54, 1.807) is 12.4 Å². The molecule has 0 N–H and O–H groups in total. The maximum absolute atomic E-state index is 12.9. The summed E-state index contributed by atoms with van der Waals surface area (Å²) in [5, 5.41) is 0. The second-order valence-electron chi connectivity index (χ2n) is 7.19. The van der Waals surface area contributed by atoms with Crippen molar-refractivity contribution in [2.45, 2.75) is 38.7 Å². The zero-order chi connectivity index (χ0) is 18.6. The highest BCUT2D eigenvalue weighted by atomic mass is 16.5. The van der Waals surface area contributed by atoms with Crippen LogP contribution < -0.4 is 9.64 Å². The molecule has 6 nitrogen and oxygen atoms in total. The summed E-state index contributed by atoms with van der Waals surface area (Å²) in [4.78, 5) is 25.8. The first-order chi connectivity index (χ1) is 13.3. The summed E-state index contributed by atoms with van der Waals surface area (Å²) in [5.74, 6) is 1.84. The van der Waals surface area contributed by atoms with Gasteiger partial charge < -0.3 is 14.5 Å². The molecular formula is C21H26N4O2. The molecule has 142 valence electrons. The first kappa shape index (κ1) is 17.8. The zero-order valence-electron chi connectivity index (χ0n) is 15.8. The summed E-state index contributed by atoms with van der Waals surface area (Å²) in [6.07, 6.45) is 9.35. The molecule has 2 fully saturated rings. The molecular weight excluding hydrogens is 340 g/mol. The number of aryl methyl sites for hydroxylation is 1. The van der Waals surface area contributed by atoms with Crippen molar-refractivity contribution in [1.29, 1.82) is 0 Å². The number of aromatic nitrogens is 2. The topological polar surface area (TPSA) is 58.6 Å². The van der Waals surface area contributed by atoms with Crippen molar-refractivity contribution in [2.75, 3.05) is 31.1 Å². The third kappa shape index (κ3) is 3.75. The fourth-order valence-corrected chi connectivity index (χ4v) is 3.92. The maximum Gasteiger partial charge on any atom is 0.254 e. The minimum atomic E-state index is 0.00594. The minimum absolute atomic E-state index is 0.00594. The van der Waals surface area contributed by atoms with Gasteiger partial charge in [-0.1, -0.05) is 6.92 Å². The van der Waals surface area contributed by atoms with Crippen molar-refractivity contribution >= 4 is 11.7 Å². The van der Waals surface area contributed by atoms with E-state index in [2.05, 4.69) is 14.9 Å². The van der Waals surface area contributed by atoms with Gasteiger partial charge in [-0.25, -0.2) is 4.98 Å². The van der Waals surface area contributed by atoms with Crippen molar-refractivity contribution < 1.29 is 9.53 Å². The van der Waals surface area contributed by atoms with Crippen LogP contribution >= 0.6 is 0 Å². The number of hydrogen-bond acceptors (Lipinski definition) is 5. The van der Waals surface area contributed by atoms with Crippen LogP contribution in [0.2, 0.25) is 0 Å². The molecule has 1 atom stereocenters. The average Bonchev–Trinajstić information content (AvgIpc) is 3.40. The Morgan fingerprint density at radius 3 is 2.89 bits per heavy atom. The number of amides is 1. The molecule has 4 heterocycles. The summed E-state index contributed by atoms with van der Waals surface area (Å²) >= 11 is 0. The predicted molar refractivity (Wildman–Crippen MR) is 104 cm³/mol. The van der Waals surface area contributed by atoms with Crippen LogP contribution in [0.3, 0.4) is 0 Å². The van der Waals surface area contributed by atoms with Gasteiger partial charge in [0.2, 0.25) is 0 Å². The first-order valence-electron chi connectivity index (χ1n) is 9.85. The number of rotatable bonds is 5. The Kier molecular flexibility index (Phi) is 5.23. The average molecular weight is 366 g/mol. The minimum Gasteiger partial charge on any atom is -0.485 e. The second-order valence-corrected chi connectivity index (χ2v) is 7.19. The van der Waals surface area contributed by atoms with Crippen LogP contribution in [-0.2, 0) is 6.42 Å². The van der Waals surface area contributed by atoms with E-state index < -0.39 is 0 Å². The predicted octanol–water partition coefficient (Wildman–Crippen LogP) is 2.93. The molecule has 0 bridgehead atoms. The van der Waals surface area contributed by atoms with Crippen LogP contribution in [0.25, 0.3) is 0 Å². The summed E-state index contributed by atoms with van der Waals surface area (Å²) in [7, 11) is 0. The quantitative estimate of drug-likeness (QED) is 0.814. The summed E-state index contributed by atoms with van der Waals surface area (Å²) in [6.45, 7) is 5.44. The van der Waals surface area contributed by atoms with E-state index in [9.17, 15) is 4.79 Å². The number of ether oxygens (including phenoxy) is 1. The fraction of sp³-hybridized carbons (Fsp3) is 0.476. The monoisotopic (exact) mass is 366 g/mol. The van der Waals surface area contributed by atoms with E-state index in [0.717, 1.165) is 48.6 Å². The molecule has 0 spiro atoms. The van der Waals surface area contributed by atoms with Crippen LogP contribution in [0, 0.1) is 0 Å². The van der Waals surface area contributed by atoms with Gasteiger partial charge in [0.05, 0.1) is 6.54 Å². The lowest BCUT2D eigenvalue weighted by Gasteiger charge is -2.22. The van der Waals surface area contributed by atoms with Gasteiger partial charge in [-0.3, -0.25) is 9.78 Å². The number of carbonyl (C=O) groups excluding carboxylic acids is 1. The standard InChI is InChI=1S/C21H26N4O2/c1-2-16-14-22-10-7-18(16)21(26)25-13-8-17(15-25)27-19-6-5-9-23-20(19)24-11-3-4-12-24/h5-7,9-10,14,17H,2-4,8,11-13,15H2,1H3/t17-/m0/s1. The van der Waals surface area contributed by atoms with E-state index in [1.807, 2.05) is 36.2 Å². The van der Waals surface area contributed by atoms with Gasteiger partial charge >= 0.3 is 0 Å². The summed E-state index contributed by atoms with van der Waals surface area (Å²) in [6, 6.07) is 5.72. The van der Waals surface area contributed by atoms with Gasteiger partial charge in [0.15, 0.2) is 11.6 Å². The van der Waals surface area contributed by atoms with E-state index in [0.29, 0.717) is 13.1 Å². The number of anilines is 1. The van der Waals surface area contributed by atoms with E-state index in [1.165, 1.54) is 12.8 Å². The molecule has 2 aliphatic rings.